The Kier molecular flexibility index (Phi) is 6.60. The van der Waals surface area contributed by atoms with Gasteiger partial charge < -0.3 is 14.1 Å². The van der Waals surface area contributed by atoms with Crippen LogP contribution in [-0.4, -0.2) is 41.2 Å². The summed E-state index contributed by atoms with van der Waals surface area (Å²) < 4.78 is 24.0. The van der Waals surface area contributed by atoms with Gasteiger partial charge in [0, 0.05) is 38.3 Å². The topological polar surface area (TPSA) is 68.5 Å². The predicted octanol–water partition coefficient (Wildman–Crippen LogP) is 3.95. The molecular formula is C24H26FN3O3. The first-order valence-corrected chi connectivity index (χ1v) is 10.6. The number of rotatable bonds is 8. The van der Waals surface area contributed by atoms with Crippen molar-refractivity contribution in [1.29, 1.82) is 0 Å². The largest absolute Gasteiger partial charge is 0.497 e. The lowest BCUT2D eigenvalue weighted by Crippen LogP contribution is -2.28. The van der Waals surface area contributed by atoms with Crippen molar-refractivity contribution in [2.24, 2.45) is 0 Å². The molecule has 3 aromatic rings. The minimum absolute atomic E-state index is 0.0857. The summed E-state index contributed by atoms with van der Waals surface area (Å²) in [5.74, 6) is 2.01. The quantitative estimate of drug-likeness (QED) is 0.549. The summed E-state index contributed by atoms with van der Waals surface area (Å²) in [6.07, 6.45) is 3.12. The minimum Gasteiger partial charge on any atom is -0.497 e. The Morgan fingerprint density at radius 2 is 1.77 bits per heavy atom. The Labute approximate surface area is 181 Å². The van der Waals surface area contributed by atoms with Gasteiger partial charge in [0.15, 0.2) is 0 Å². The van der Waals surface area contributed by atoms with Gasteiger partial charge >= 0.3 is 0 Å². The van der Waals surface area contributed by atoms with Crippen molar-refractivity contribution in [3.8, 4) is 5.75 Å². The number of carbonyl (C=O) groups is 1. The van der Waals surface area contributed by atoms with E-state index >= 15 is 0 Å². The fourth-order valence-electron chi connectivity index (χ4n) is 3.90. The smallest absolute Gasteiger partial charge is 0.223 e. The third-order valence-corrected chi connectivity index (χ3v) is 5.73. The Bertz CT molecular complexity index is 1000. The van der Waals surface area contributed by atoms with E-state index in [9.17, 15) is 9.18 Å². The molecule has 4 rings (SSSR count). The first-order chi connectivity index (χ1) is 15.1. The number of nitrogens with zero attached hydrogens (tertiary/aromatic N) is 3. The summed E-state index contributed by atoms with van der Waals surface area (Å²) in [6.45, 7) is 1.39. The van der Waals surface area contributed by atoms with Gasteiger partial charge in [-0.3, -0.25) is 4.79 Å². The van der Waals surface area contributed by atoms with Crippen LogP contribution in [0.3, 0.4) is 0 Å². The number of aryl methyl sites for hydroxylation is 3. The van der Waals surface area contributed by atoms with Crippen molar-refractivity contribution in [1.82, 2.24) is 15.1 Å². The number of hydrogen-bond donors (Lipinski definition) is 0. The molecule has 2 aromatic carbocycles. The summed E-state index contributed by atoms with van der Waals surface area (Å²) in [5.41, 5.74) is 2.25. The van der Waals surface area contributed by atoms with E-state index in [1.54, 1.807) is 19.2 Å². The molecule has 1 unspecified atom stereocenters. The molecule has 1 aromatic heterocycles. The maximum atomic E-state index is 13.1. The first-order valence-electron chi connectivity index (χ1n) is 10.6. The van der Waals surface area contributed by atoms with Crippen LogP contribution in [0.2, 0.25) is 0 Å². The van der Waals surface area contributed by atoms with Crippen LogP contribution in [0.15, 0.2) is 52.9 Å². The Hall–Kier alpha value is -3.22. The molecule has 1 fully saturated rings. The van der Waals surface area contributed by atoms with Gasteiger partial charge in [-0.15, -0.1) is 10.2 Å². The van der Waals surface area contributed by atoms with Crippen LogP contribution >= 0.6 is 0 Å². The van der Waals surface area contributed by atoms with Crippen molar-refractivity contribution in [2.45, 2.75) is 38.0 Å². The highest BCUT2D eigenvalue weighted by molar-refractivity contribution is 5.76. The Morgan fingerprint density at radius 3 is 2.48 bits per heavy atom. The van der Waals surface area contributed by atoms with E-state index in [1.165, 1.54) is 17.7 Å². The van der Waals surface area contributed by atoms with Crippen LogP contribution < -0.4 is 4.74 Å². The summed E-state index contributed by atoms with van der Waals surface area (Å²) in [6, 6.07) is 14.5. The Morgan fingerprint density at radius 1 is 1.06 bits per heavy atom. The summed E-state index contributed by atoms with van der Waals surface area (Å²) in [5, 5.41) is 8.18. The van der Waals surface area contributed by atoms with Crippen LogP contribution in [0.25, 0.3) is 0 Å². The van der Waals surface area contributed by atoms with E-state index < -0.39 is 0 Å². The van der Waals surface area contributed by atoms with Crippen molar-refractivity contribution in [3.05, 3.63) is 77.3 Å². The summed E-state index contributed by atoms with van der Waals surface area (Å²) in [7, 11) is 1.65. The van der Waals surface area contributed by atoms with Crippen molar-refractivity contribution in [2.75, 3.05) is 20.2 Å². The van der Waals surface area contributed by atoms with Gasteiger partial charge in [0.05, 0.1) is 7.11 Å². The van der Waals surface area contributed by atoms with E-state index in [1.807, 2.05) is 29.2 Å². The van der Waals surface area contributed by atoms with Crippen molar-refractivity contribution in [3.63, 3.8) is 0 Å². The molecule has 162 valence electrons. The highest BCUT2D eigenvalue weighted by Crippen LogP contribution is 2.27. The number of aromatic nitrogens is 2. The zero-order chi connectivity index (χ0) is 21.6. The maximum absolute atomic E-state index is 13.1. The molecule has 6 nitrogen and oxygen atoms in total. The number of methoxy groups -OCH3 is 1. The van der Waals surface area contributed by atoms with Crippen LogP contribution in [0.1, 0.15) is 41.7 Å². The molecule has 0 saturated carbocycles. The first kappa shape index (κ1) is 21.0. The maximum Gasteiger partial charge on any atom is 0.223 e. The van der Waals surface area contributed by atoms with E-state index in [0.717, 1.165) is 30.7 Å². The lowest BCUT2D eigenvalue weighted by Gasteiger charge is -2.16. The van der Waals surface area contributed by atoms with Crippen LogP contribution in [0, 0.1) is 5.82 Å². The molecule has 1 saturated heterocycles. The van der Waals surface area contributed by atoms with E-state index in [4.69, 9.17) is 9.15 Å². The molecule has 1 aliphatic rings. The number of amides is 1. The predicted molar refractivity (Wildman–Crippen MR) is 113 cm³/mol. The molecule has 2 heterocycles. The number of likely N-dealkylation sites (tertiary alicyclic amines) is 1. The molecule has 7 heteroatoms. The van der Waals surface area contributed by atoms with Gasteiger partial charge in [-0.1, -0.05) is 24.3 Å². The van der Waals surface area contributed by atoms with Crippen LogP contribution in [0.5, 0.6) is 5.75 Å². The number of carbonyl (C=O) groups excluding carboxylic acids is 1. The van der Waals surface area contributed by atoms with Gasteiger partial charge in [0.25, 0.3) is 0 Å². The van der Waals surface area contributed by atoms with Crippen molar-refractivity contribution < 1.29 is 18.3 Å². The monoisotopic (exact) mass is 423 g/mol. The average Bonchev–Trinajstić information content (AvgIpc) is 3.47. The van der Waals surface area contributed by atoms with E-state index in [0.29, 0.717) is 37.6 Å². The normalized spacial score (nSPS) is 15.9. The molecule has 0 bridgehead atoms. The molecule has 0 radical (unpaired) electrons. The fraction of sp³-hybridized carbons (Fsp3) is 0.375. The molecule has 0 N–H and O–H groups in total. The van der Waals surface area contributed by atoms with Gasteiger partial charge in [-0.2, -0.15) is 0 Å². The number of halogens is 1. The number of ether oxygens (including phenoxy) is 1. The lowest BCUT2D eigenvalue weighted by atomic mass is 9.99. The fourth-order valence-corrected chi connectivity index (χ4v) is 3.90. The zero-order valence-electron chi connectivity index (χ0n) is 17.6. The van der Waals surface area contributed by atoms with Crippen LogP contribution in [-0.2, 0) is 24.1 Å². The summed E-state index contributed by atoms with van der Waals surface area (Å²) in [4.78, 5) is 14.5. The summed E-state index contributed by atoms with van der Waals surface area (Å²) >= 11 is 0. The minimum atomic E-state index is -0.238. The standard InChI is InChI=1S/C24H26FN3O3/c1-30-21-9-2-17(3-10-21)4-11-22-26-27-23(31-22)12-13-24(29)28-15-14-19(16-28)18-5-7-20(25)8-6-18/h2-3,5-10,19H,4,11-16H2,1H3. The molecule has 1 atom stereocenters. The SMILES string of the molecule is COc1ccc(CCc2nnc(CCC(=O)N3CCC(c4ccc(F)cc4)C3)o2)cc1. The number of benzene rings is 2. The second-order valence-corrected chi connectivity index (χ2v) is 7.81. The third kappa shape index (κ3) is 5.48. The molecule has 1 aliphatic heterocycles. The highest BCUT2D eigenvalue weighted by Gasteiger charge is 2.27. The second-order valence-electron chi connectivity index (χ2n) is 7.81. The molecule has 0 spiro atoms. The van der Waals surface area contributed by atoms with Crippen molar-refractivity contribution >= 4 is 5.91 Å². The number of hydrogen-bond acceptors (Lipinski definition) is 5. The van der Waals surface area contributed by atoms with Gasteiger partial charge in [0.1, 0.15) is 11.6 Å². The molecule has 31 heavy (non-hydrogen) atoms. The third-order valence-electron chi connectivity index (χ3n) is 5.73. The zero-order valence-corrected chi connectivity index (χ0v) is 17.6. The van der Waals surface area contributed by atoms with Gasteiger partial charge in [-0.25, -0.2) is 4.39 Å². The van der Waals surface area contributed by atoms with E-state index in [-0.39, 0.29) is 17.6 Å². The van der Waals surface area contributed by atoms with E-state index in [2.05, 4.69) is 10.2 Å². The van der Waals surface area contributed by atoms with Crippen LogP contribution in [0.4, 0.5) is 4.39 Å². The highest BCUT2D eigenvalue weighted by atomic mass is 19.1. The molecule has 1 amide bonds. The molecular weight excluding hydrogens is 397 g/mol. The average molecular weight is 423 g/mol. The second kappa shape index (κ2) is 9.73. The van der Waals surface area contributed by atoms with Gasteiger partial charge in [0.2, 0.25) is 17.7 Å². The van der Waals surface area contributed by atoms with Gasteiger partial charge in [-0.05, 0) is 48.2 Å². The Balaban J connectivity index is 1.22. The lowest BCUT2D eigenvalue weighted by molar-refractivity contribution is -0.130. The molecule has 0 aliphatic carbocycles.